The van der Waals surface area contributed by atoms with Crippen LogP contribution in [0.3, 0.4) is 0 Å². The van der Waals surface area contributed by atoms with E-state index in [1.807, 2.05) is 29.7 Å². The number of pyridine rings is 1. The number of methoxy groups -OCH3 is 1. The Morgan fingerprint density at radius 1 is 1.00 bits per heavy atom. The van der Waals surface area contributed by atoms with E-state index in [-0.39, 0.29) is 36.6 Å². The van der Waals surface area contributed by atoms with Gasteiger partial charge in [-0.25, -0.2) is 9.37 Å². The Hall–Kier alpha value is -4.37. The number of imidazole rings is 1. The SMILES string of the molecule is CCn1cncc1-c1cc2nccc(Oc3ccc(CC(=O)CC(=O)Cc4ccccc4OC)cc3F)c2s1. The first-order chi connectivity index (χ1) is 18.9. The van der Waals surface area contributed by atoms with Gasteiger partial charge in [-0.15, -0.1) is 11.3 Å². The number of ether oxygens (including phenoxy) is 2. The third-order valence-corrected chi connectivity index (χ3v) is 7.43. The molecule has 3 aromatic heterocycles. The normalized spacial score (nSPS) is 11.1. The average Bonchev–Trinajstić information content (AvgIpc) is 3.57. The number of carbonyl (C=O) groups is 2. The number of carbonyl (C=O) groups excluding carboxylic acids is 2. The molecule has 9 heteroatoms. The van der Waals surface area contributed by atoms with Crippen molar-refractivity contribution in [3.63, 3.8) is 0 Å². The number of para-hydroxylation sites is 1. The maximum Gasteiger partial charge on any atom is 0.166 e. The fraction of sp³-hybridized carbons (Fsp3) is 0.200. The number of thiophene rings is 1. The van der Waals surface area contributed by atoms with Crippen molar-refractivity contribution < 1.29 is 23.5 Å². The molecule has 3 heterocycles. The highest BCUT2D eigenvalue weighted by atomic mass is 32.1. The fourth-order valence-corrected chi connectivity index (χ4v) is 5.48. The maximum absolute atomic E-state index is 15.0. The van der Waals surface area contributed by atoms with Crippen molar-refractivity contribution in [2.45, 2.75) is 32.7 Å². The standard InChI is InChI=1S/C30H26FN3O4S/c1-3-34-18-32-17-25(34)29-16-24-30(39-29)28(10-11-33-24)38-27-9-8-19(13-23(27)31)12-21(35)15-22(36)14-20-6-4-5-7-26(20)37-2/h4-11,13,16-18H,3,12,14-15H2,1-2H3. The summed E-state index contributed by atoms with van der Waals surface area (Å²) < 4.78 is 29.1. The number of hydrogen-bond donors (Lipinski definition) is 0. The zero-order valence-electron chi connectivity index (χ0n) is 21.5. The van der Waals surface area contributed by atoms with E-state index in [9.17, 15) is 9.59 Å². The van der Waals surface area contributed by atoms with E-state index in [1.165, 1.54) is 30.6 Å². The van der Waals surface area contributed by atoms with Crippen LogP contribution in [-0.4, -0.2) is 33.2 Å². The second kappa shape index (κ2) is 11.6. The van der Waals surface area contributed by atoms with Crippen molar-refractivity contribution in [3.05, 3.63) is 90.3 Å². The number of halogens is 1. The Labute approximate surface area is 228 Å². The average molecular weight is 544 g/mol. The molecule has 0 aliphatic heterocycles. The first kappa shape index (κ1) is 26.2. The van der Waals surface area contributed by atoms with Gasteiger partial charge in [-0.05, 0) is 36.8 Å². The van der Waals surface area contributed by atoms with Gasteiger partial charge in [0.1, 0.15) is 23.1 Å². The van der Waals surface area contributed by atoms with Crippen LogP contribution in [0.5, 0.6) is 17.2 Å². The fourth-order valence-electron chi connectivity index (χ4n) is 4.39. The van der Waals surface area contributed by atoms with Crippen molar-refractivity contribution in [1.29, 1.82) is 0 Å². The third-order valence-electron chi connectivity index (χ3n) is 6.27. The summed E-state index contributed by atoms with van der Waals surface area (Å²) in [6.45, 7) is 2.83. The Balaban J connectivity index is 1.26. The molecule has 2 aromatic carbocycles. The molecule has 0 radical (unpaired) electrons. The number of benzene rings is 2. The summed E-state index contributed by atoms with van der Waals surface area (Å²) in [7, 11) is 1.54. The summed E-state index contributed by atoms with van der Waals surface area (Å²) in [5.74, 6) is 0.0448. The Bertz CT molecular complexity index is 1660. The summed E-state index contributed by atoms with van der Waals surface area (Å²) in [6.07, 6.45) is 5.03. The molecule has 0 amide bonds. The van der Waals surface area contributed by atoms with Crippen LogP contribution in [0.2, 0.25) is 0 Å². The molecular weight excluding hydrogens is 517 g/mol. The predicted molar refractivity (Wildman–Crippen MR) is 148 cm³/mol. The smallest absolute Gasteiger partial charge is 0.166 e. The molecule has 0 spiro atoms. The second-order valence-corrected chi connectivity index (χ2v) is 10.0. The van der Waals surface area contributed by atoms with E-state index in [0.717, 1.165) is 32.9 Å². The van der Waals surface area contributed by atoms with Gasteiger partial charge >= 0.3 is 0 Å². The van der Waals surface area contributed by atoms with E-state index in [4.69, 9.17) is 9.47 Å². The Morgan fingerprint density at radius 3 is 2.62 bits per heavy atom. The quantitative estimate of drug-likeness (QED) is 0.179. The molecule has 0 unspecified atom stereocenters. The van der Waals surface area contributed by atoms with Crippen molar-refractivity contribution >= 4 is 33.1 Å². The molecule has 198 valence electrons. The molecular formula is C30H26FN3O4S. The van der Waals surface area contributed by atoms with Gasteiger partial charge in [-0.2, -0.15) is 0 Å². The van der Waals surface area contributed by atoms with Crippen LogP contribution >= 0.6 is 11.3 Å². The molecule has 39 heavy (non-hydrogen) atoms. The molecule has 0 N–H and O–H groups in total. The lowest BCUT2D eigenvalue weighted by Crippen LogP contribution is -2.13. The van der Waals surface area contributed by atoms with Gasteiger partial charge in [-0.3, -0.25) is 14.6 Å². The first-order valence-corrected chi connectivity index (χ1v) is 13.3. The van der Waals surface area contributed by atoms with Crippen molar-refractivity contribution in [2.75, 3.05) is 7.11 Å². The van der Waals surface area contributed by atoms with Gasteiger partial charge in [0.15, 0.2) is 11.6 Å². The van der Waals surface area contributed by atoms with Crippen LogP contribution in [-0.2, 0) is 29.0 Å². The molecule has 7 nitrogen and oxygen atoms in total. The molecule has 5 aromatic rings. The Morgan fingerprint density at radius 2 is 1.82 bits per heavy atom. The van der Waals surface area contributed by atoms with Gasteiger partial charge in [0.2, 0.25) is 0 Å². The number of ketones is 2. The van der Waals surface area contributed by atoms with Crippen LogP contribution in [0.1, 0.15) is 24.5 Å². The summed E-state index contributed by atoms with van der Waals surface area (Å²) in [4.78, 5) is 34.6. The van der Waals surface area contributed by atoms with E-state index < -0.39 is 5.82 Å². The van der Waals surface area contributed by atoms with Crippen LogP contribution in [0.4, 0.5) is 4.39 Å². The molecule has 0 aliphatic carbocycles. The highest BCUT2D eigenvalue weighted by Crippen LogP contribution is 2.39. The van der Waals surface area contributed by atoms with E-state index in [2.05, 4.69) is 9.97 Å². The van der Waals surface area contributed by atoms with E-state index in [0.29, 0.717) is 17.1 Å². The van der Waals surface area contributed by atoms with Crippen LogP contribution in [0.25, 0.3) is 20.8 Å². The number of aryl methyl sites for hydroxylation is 1. The third kappa shape index (κ3) is 5.88. The first-order valence-electron chi connectivity index (χ1n) is 12.5. The van der Waals surface area contributed by atoms with Gasteiger partial charge in [0, 0.05) is 37.2 Å². The van der Waals surface area contributed by atoms with Crippen molar-refractivity contribution in [1.82, 2.24) is 14.5 Å². The Kier molecular flexibility index (Phi) is 7.79. The highest BCUT2D eigenvalue weighted by Gasteiger charge is 2.17. The highest BCUT2D eigenvalue weighted by molar-refractivity contribution is 7.22. The van der Waals surface area contributed by atoms with Gasteiger partial charge < -0.3 is 14.0 Å². The number of hydrogen-bond acceptors (Lipinski definition) is 7. The maximum atomic E-state index is 15.0. The topological polar surface area (TPSA) is 83.3 Å². The van der Waals surface area contributed by atoms with Gasteiger partial charge in [0.05, 0.1) is 46.8 Å². The lowest BCUT2D eigenvalue weighted by atomic mass is 10.0. The van der Waals surface area contributed by atoms with Gasteiger partial charge in [0.25, 0.3) is 0 Å². The molecule has 0 bridgehead atoms. The zero-order chi connectivity index (χ0) is 27.4. The summed E-state index contributed by atoms with van der Waals surface area (Å²) >= 11 is 1.50. The van der Waals surface area contributed by atoms with E-state index >= 15 is 4.39 Å². The monoisotopic (exact) mass is 543 g/mol. The molecule has 0 aliphatic rings. The molecule has 0 atom stereocenters. The molecule has 0 saturated carbocycles. The van der Waals surface area contributed by atoms with Crippen LogP contribution in [0.15, 0.2) is 73.3 Å². The minimum atomic E-state index is -0.591. The van der Waals surface area contributed by atoms with Crippen molar-refractivity contribution in [2.24, 2.45) is 0 Å². The summed E-state index contributed by atoms with van der Waals surface area (Å²) in [5, 5.41) is 0. The number of nitrogens with zero attached hydrogens (tertiary/aromatic N) is 3. The summed E-state index contributed by atoms with van der Waals surface area (Å²) in [5.41, 5.74) is 2.93. The molecule has 0 saturated heterocycles. The minimum Gasteiger partial charge on any atom is -0.496 e. The lowest BCUT2D eigenvalue weighted by molar-refractivity contribution is -0.126. The molecule has 0 fully saturated rings. The van der Waals surface area contributed by atoms with Gasteiger partial charge in [-0.1, -0.05) is 24.3 Å². The second-order valence-electron chi connectivity index (χ2n) is 8.99. The predicted octanol–water partition coefficient (Wildman–Crippen LogP) is 6.43. The zero-order valence-corrected chi connectivity index (χ0v) is 22.3. The number of Topliss-reactive ketones (excluding diaryl/α,β-unsaturated/α-hetero) is 2. The number of aromatic nitrogens is 3. The number of rotatable bonds is 11. The van der Waals surface area contributed by atoms with Crippen molar-refractivity contribution in [3.8, 4) is 27.8 Å². The van der Waals surface area contributed by atoms with E-state index in [1.54, 1.807) is 43.0 Å². The molecule has 5 rings (SSSR count). The number of fused-ring (bicyclic) bond motifs is 1. The minimum absolute atomic E-state index is 0.0412. The van der Waals surface area contributed by atoms with Crippen LogP contribution < -0.4 is 9.47 Å². The summed E-state index contributed by atoms with van der Waals surface area (Å²) in [6, 6.07) is 15.3. The lowest BCUT2D eigenvalue weighted by Gasteiger charge is -2.09. The van der Waals surface area contributed by atoms with Crippen LogP contribution in [0, 0.1) is 5.82 Å². The largest absolute Gasteiger partial charge is 0.496 e.